The second kappa shape index (κ2) is 8.12. The molecule has 0 spiro atoms. The average molecular weight is 438 g/mol. The van der Waals surface area contributed by atoms with Gasteiger partial charge in [0.15, 0.2) is 5.82 Å². The fourth-order valence-corrected chi connectivity index (χ4v) is 4.04. The first-order valence-electron chi connectivity index (χ1n) is 10.4. The number of fused-ring (bicyclic) bond motifs is 2. The number of amides is 2. The molecule has 2 aliphatic rings. The van der Waals surface area contributed by atoms with Gasteiger partial charge in [0.25, 0.3) is 0 Å². The van der Waals surface area contributed by atoms with Crippen molar-refractivity contribution in [1.82, 2.24) is 15.3 Å². The lowest BCUT2D eigenvalue weighted by Crippen LogP contribution is -2.38. The molecule has 5 rings (SSSR count). The molecule has 9 nitrogen and oxygen atoms in total. The number of pyridine rings is 2. The minimum Gasteiger partial charge on any atom is -0.474 e. The van der Waals surface area contributed by atoms with Crippen molar-refractivity contribution >= 4 is 34.0 Å². The SMILES string of the molecule is Cc1c(-c2cc3cc(NC(=O)N[C@@H]4CCOC4)ncc3c(N)c2F)cnc2c1NCCO2. The van der Waals surface area contributed by atoms with E-state index in [1.807, 2.05) is 6.92 Å². The topological polar surface area (TPSA) is 123 Å². The lowest BCUT2D eigenvalue weighted by molar-refractivity contribution is 0.189. The molecule has 1 aromatic carbocycles. The van der Waals surface area contributed by atoms with Crippen molar-refractivity contribution in [3.8, 4) is 17.0 Å². The van der Waals surface area contributed by atoms with Gasteiger partial charge in [-0.05, 0) is 36.4 Å². The summed E-state index contributed by atoms with van der Waals surface area (Å²) in [6, 6.07) is 2.96. The number of hydrogen-bond acceptors (Lipinski definition) is 7. The zero-order chi connectivity index (χ0) is 22.2. The van der Waals surface area contributed by atoms with E-state index in [2.05, 4.69) is 25.9 Å². The fourth-order valence-electron chi connectivity index (χ4n) is 4.04. The van der Waals surface area contributed by atoms with E-state index in [1.54, 1.807) is 18.3 Å². The summed E-state index contributed by atoms with van der Waals surface area (Å²) >= 11 is 0. The summed E-state index contributed by atoms with van der Waals surface area (Å²) in [5.41, 5.74) is 8.60. The minimum absolute atomic E-state index is 0.00886. The van der Waals surface area contributed by atoms with Crippen LogP contribution in [0.15, 0.2) is 24.5 Å². The van der Waals surface area contributed by atoms with Gasteiger partial charge in [-0.1, -0.05) is 0 Å². The molecular weight excluding hydrogens is 415 g/mol. The van der Waals surface area contributed by atoms with Gasteiger partial charge in [-0.15, -0.1) is 0 Å². The number of carbonyl (C=O) groups excluding carboxylic acids is 1. The molecule has 0 unspecified atom stereocenters. The van der Waals surface area contributed by atoms with Crippen LogP contribution in [0, 0.1) is 12.7 Å². The van der Waals surface area contributed by atoms with Crippen LogP contribution in [0.5, 0.6) is 5.88 Å². The summed E-state index contributed by atoms with van der Waals surface area (Å²) in [7, 11) is 0. The molecule has 1 atom stereocenters. The van der Waals surface area contributed by atoms with Gasteiger partial charge in [-0.25, -0.2) is 19.2 Å². The molecular formula is C22H23FN6O3. The van der Waals surface area contributed by atoms with Crippen molar-refractivity contribution in [2.24, 2.45) is 0 Å². The second-order valence-corrected chi connectivity index (χ2v) is 7.85. The molecule has 166 valence electrons. The molecule has 2 aliphatic heterocycles. The predicted octanol–water partition coefficient (Wildman–Crippen LogP) is 3.04. The highest BCUT2D eigenvalue weighted by atomic mass is 19.1. The van der Waals surface area contributed by atoms with Gasteiger partial charge >= 0.3 is 6.03 Å². The van der Waals surface area contributed by atoms with Gasteiger partial charge in [0.2, 0.25) is 5.88 Å². The number of urea groups is 1. The minimum atomic E-state index is -0.541. The number of halogens is 1. The summed E-state index contributed by atoms with van der Waals surface area (Å²) < 4.78 is 26.1. The van der Waals surface area contributed by atoms with Crippen LogP contribution in [0.25, 0.3) is 21.9 Å². The highest BCUT2D eigenvalue weighted by Gasteiger charge is 2.22. The Kier molecular flexibility index (Phi) is 5.14. The summed E-state index contributed by atoms with van der Waals surface area (Å²) in [5, 5.41) is 9.93. The number of rotatable bonds is 3. The number of anilines is 3. The largest absolute Gasteiger partial charge is 0.474 e. The van der Waals surface area contributed by atoms with Crippen LogP contribution in [0.2, 0.25) is 0 Å². The molecule has 2 amide bonds. The Morgan fingerprint density at radius 2 is 2.12 bits per heavy atom. The molecule has 0 saturated carbocycles. The van der Waals surface area contributed by atoms with Crippen LogP contribution in [0.3, 0.4) is 0 Å². The molecule has 5 N–H and O–H groups in total. The van der Waals surface area contributed by atoms with Crippen molar-refractivity contribution in [2.75, 3.05) is 42.7 Å². The van der Waals surface area contributed by atoms with E-state index in [4.69, 9.17) is 15.2 Å². The third kappa shape index (κ3) is 3.62. The van der Waals surface area contributed by atoms with Gasteiger partial charge < -0.3 is 25.8 Å². The first-order chi connectivity index (χ1) is 15.5. The molecule has 2 aromatic heterocycles. The van der Waals surface area contributed by atoms with E-state index in [9.17, 15) is 4.79 Å². The Bertz CT molecular complexity index is 1210. The summed E-state index contributed by atoms with van der Waals surface area (Å²) in [4.78, 5) is 20.8. The predicted molar refractivity (Wildman–Crippen MR) is 119 cm³/mol. The molecule has 10 heteroatoms. The van der Waals surface area contributed by atoms with E-state index in [0.717, 1.165) is 17.7 Å². The van der Waals surface area contributed by atoms with Crippen LogP contribution in [0.4, 0.5) is 26.4 Å². The van der Waals surface area contributed by atoms with Gasteiger partial charge in [0.05, 0.1) is 18.3 Å². The van der Waals surface area contributed by atoms with Gasteiger partial charge in [-0.3, -0.25) is 5.32 Å². The van der Waals surface area contributed by atoms with Crippen molar-refractivity contribution < 1.29 is 18.7 Å². The molecule has 32 heavy (non-hydrogen) atoms. The van der Waals surface area contributed by atoms with Crippen LogP contribution >= 0.6 is 0 Å². The Balaban J connectivity index is 1.50. The Labute approximate surface area is 183 Å². The maximum atomic E-state index is 15.2. The quantitative estimate of drug-likeness (QED) is 0.464. The summed E-state index contributed by atoms with van der Waals surface area (Å²) in [5.74, 6) is 0.294. The zero-order valence-electron chi connectivity index (χ0n) is 17.5. The summed E-state index contributed by atoms with van der Waals surface area (Å²) in [6.07, 6.45) is 3.81. The number of nitrogens with zero attached hydrogens (tertiary/aromatic N) is 2. The third-order valence-electron chi connectivity index (χ3n) is 5.74. The van der Waals surface area contributed by atoms with E-state index in [-0.39, 0.29) is 17.8 Å². The van der Waals surface area contributed by atoms with E-state index < -0.39 is 5.82 Å². The van der Waals surface area contributed by atoms with Crippen molar-refractivity contribution in [3.05, 3.63) is 35.9 Å². The van der Waals surface area contributed by atoms with E-state index in [1.165, 1.54) is 6.20 Å². The van der Waals surface area contributed by atoms with Gasteiger partial charge in [0.1, 0.15) is 18.1 Å². The number of hydrogen-bond donors (Lipinski definition) is 4. The second-order valence-electron chi connectivity index (χ2n) is 7.85. The molecule has 0 bridgehead atoms. The molecule has 0 radical (unpaired) electrons. The van der Waals surface area contributed by atoms with Crippen LogP contribution < -0.4 is 26.4 Å². The standard InChI is InChI=1S/C22H23FN6O3/c1-11-15(8-27-21-20(11)25-3-5-32-21)14-6-12-7-17(26-9-16(12)19(24)18(14)23)29-22(30)28-13-2-4-31-10-13/h6-9,13,25H,2-5,10,24H2,1H3,(H2,26,28,29,30)/t13-/m1/s1. The van der Waals surface area contributed by atoms with Crippen molar-refractivity contribution in [2.45, 2.75) is 19.4 Å². The van der Waals surface area contributed by atoms with E-state index >= 15 is 4.39 Å². The van der Waals surface area contributed by atoms with Crippen molar-refractivity contribution in [1.29, 1.82) is 0 Å². The fraction of sp³-hybridized carbons (Fsp3) is 0.318. The van der Waals surface area contributed by atoms with Crippen LogP contribution in [-0.2, 0) is 4.74 Å². The monoisotopic (exact) mass is 438 g/mol. The number of nitrogens with two attached hydrogens (primary N) is 1. The number of carbonyl (C=O) groups is 1. The number of nitrogen functional groups attached to an aromatic ring is 1. The molecule has 3 aromatic rings. The molecule has 4 heterocycles. The highest BCUT2D eigenvalue weighted by molar-refractivity contribution is 6.00. The molecule has 0 aliphatic carbocycles. The zero-order valence-corrected chi connectivity index (χ0v) is 17.5. The third-order valence-corrected chi connectivity index (χ3v) is 5.74. The first-order valence-corrected chi connectivity index (χ1v) is 10.4. The molecule has 1 saturated heterocycles. The van der Waals surface area contributed by atoms with E-state index in [0.29, 0.717) is 60.0 Å². The first kappa shape index (κ1) is 20.3. The normalized spacial score (nSPS) is 17.4. The lowest BCUT2D eigenvalue weighted by Gasteiger charge is -2.22. The Morgan fingerprint density at radius 1 is 1.25 bits per heavy atom. The maximum absolute atomic E-state index is 15.2. The number of nitrogens with one attached hydrogen (secondary N) is 3. The average Bonchev–Trinajstić information content (AvgIpc) is 3.30. The van der Waals surface area contributed by atoms with Crippen LogP contribution in [0.1, 0.15) is 12.0 Å². The number of ether oxygens (including phenoxy) is 2. The Morgan fingerprint density at radius 3 is 2.94 bits per heavy atom. The maximum Gasteiger partial charge on any atom is 0.320 e. The van der Waals surface area contributed by atoms with Crippen molar-refractivity contribution in [3.63, 3.8) is 0 Å². The van der Waals surface area contributed by atoms with Gasteiger partial charge in [-0.2, -0.15) is 0 Å². The Hall–Kier alpha value is -3.66. The number of benzene rings is 1. The lowest BCUT2D eigenvalue weighted by atomic mass is 9.97. The number of aromatic nitrogens is 2. The van der Waals surface area contributed by atoms with Crippen LogP contribution in [-0.4, -0.2) is 48.4 Å². The highest BCUT2D eigenvalue weighted by Crippen LogP contribution is 2.39. The molecule has 1 fully saturated rings. The summed E-state index contributed by atoms with van der Waals surface area (Å²) in [6.45, 7) is 4.18. The van der Waals surface area contributed by atoms with Gasteiger partial charge in [0, 0.05) is 42.1 Å². The smallest absolute Gasteiger partial charge is 0.320 e.